The van der Waals surface area contributed by atoms with E-state index in [1.54, 1.807) is 30.1 Å². The van der Waals surface area contributed by atoms with Gasteiger partial charge in [0.2, 0.25) is 0 Å². The largest absolute Gasteiger partial charge is 0.353 e. The van der Waals surface area contributed by atoms with Crippen molar-refractivity contribution in [2.24, 2.45) is 0 Å². The Balaban J connectivity index is 1.54. The van der Waals surface area contributed by atoms with Gasteiger partial charge in [-0.3, -0.25) is 9.78 Å². The monoisotopic (exact) mass is 367 g/mol. The number of hydrogen-bond acceptors (Lipinski definition) is 6. The number of anilines is 1. The third kappa shape index (κ3) is 3.14. The van der Waals surface area contributed by atoms with Crippen molar-refractivity contribution in [3.05, 3.63) is 46.9 Å². The van der Waals surface area contributed by atoms with Crippen molar-refractivity contribution < 1.29 is 4.79 Å². The van der Waals surface area contributed by atoms with Crippen molar-refractivity contribution in [1.82, 2.24) is 19.9 Å². The Labute approximate surface area is 156 Å². The van der Waals surface area contributed by atoms with Crippen molar-refractivity contribution in [2.45, 2.75) is 20.3 Å². The predicted molar refractivity (Wildman–Crippen MR) is 104 cm³/mol. The van der Waals surface area contributed by atoms with Crippen LogP contribution in [-0.2, 0) is 0 Å². The maximum absolute atomic E-state index is 12.8. The van der Waals surface area contributed by atoms with Crippen LogP contribution in [0.25, 0.3) is 10.2 Å². The summed E-state index contributed by atoms with van der Waals surface area (Å²) in [7, 11) is 0. The zero-order chi connectivity index (χ0) is 18.1. The Morgan fingerprint density at radius 3 is 2.85 bits per heavy atom. The van der Waals surface area contributed by atoms with Crippen LogP contribution >= 0.6 is 11.3 Å². The highest BCUT2D eigenvalue weighted by molar-refractivity contribution is 7.18. The lowest BCUT2D eigenvalue weighted by molar-refractivity contribution is 0.0766. The van der Waals surface area contributed by atoms with E-state index < -0.39 is 0 Å². The molecule has 0 aliphatic carbocycles. The fourth-order valence-corrected chi connectivity index (χ4v) is 4.39. The first-order valence-corrected chi connectivity index (χ1v) is 9.66. The molecule has 0 atom stereocenters. The van der Waals surface area contributed by atoms with Gasteiger partial charge >= 0.3 is 0 Å². The molecular formula is C19H21N5OS. The summed E-state index contributed by atoms with van der Waals surface area (Å²) in [6, 6.07) is 1.90. The maximum atomic E-state index is 12.8. The molecule has 0 aromatic carbocycles. The van der Waals surface area contributed by atoms with Gasteiger partial charge in [-0.1, -0.05) is 0 Å². The van der Waals surface area contributed by atoms with Gasteiger partial charge in [-0.2, -0.15) is 0 Å². The van der Waals surface area contributed by atoms with Crippen LogP contribution in [-0.4, -0.2) is 51.9 Å². The Kier molecular flexibility index (Phi) is 4.55. The molecule has 1 fully saturated rings. The lowest BCUT2D eigenvalue weighted by atomic mass is 10.2. The molecule has 0 unspecified atom stereocenters. The summed E-state index contributed by atoms with van der Waals surface area (Å²) in [4.78, 5) is 30.1. The molecule has 134 valence electrons. The third-order valence-electron chi connectivity index (χ3n) is 4.72. The van der Waals surface area contributed by atoms with E-state index >= 15 is 0 Å². The molecule has 0 radical (unpaired) electrons. The molecule has 6 nitrogen and oxygen atoms in total. The molecule has 0 N–H and O–H groups in total. The molecule has 1 saturated heterocycles. The molecule has 4 heterocycles. The average Bonchev–Trinajstić information content (AvgIpc) is 2.88. The van der Waals surface area contributed by atoms with Crippen molar-refractivity contribution in [1.29, 1.82) is 0 Å². The topological polar surface area (TPSA) is 62.2 Å². The number of nitrogens with zero attached hydrogens (tertiary/aromatic N) is 5. The van der Waals surface area contributed by atoms with Crippen LogP contribution in [0.3, 0.4) is 0 Å². The zero-order valence-electron chi connectivity index (χ0n) is 15.0. The smallest absolute Gasteiger partial charge is 0.255 e. The van der Waals surface area contributed by atoms with Gasteiger partial charge in [-0.25, -0.2) is 9.97 Å². The van der Waals surface area contributed by atoms with Crippen molar-refractivity contribution in [3.8, 4) is 0 Å². The van der Waals surface area contributed by atoms with Gasteiger partial charge in [0.15, 0.2) is 0 Å². The van der Waals surface area contributed by atoms with Crippen LogP contribution in [0.5, 0.6) is 0 Å². The van der Waals surface area contributed by atoms with E-state index in [1.807, 2.05) is 17.9 Å². The second kappa shape index (κ2) is 6.99. The van der Waals surface area contributed by atoms with Gasteiger partial charge in [0.05, 0.1) is 15.8 Å². The van der Waals surface area contributed by atoms with Crippen LogP contribution in [0.4, 0.5) is 5.82 Å². The molecule has 0 bridgehead atoms. The average molecular weight is 367 g/mol. The number of rotatable bonds is 2. The van der Waals surface area contributed by atoms with E-state index in [0.717, 1.165) is 47.7 Å². The molecule has 3 aromatic heterocycles. The number of thiophene rings is 1. The Bertz CT molecular complexity index is 954. The minimum atomic E-state index is 0.0582. The predicted octanol–water partition coefficient (Wildman–Crippen LogP) is 3.06. The van der Waals surface area contributed by atoms with Crippen molar-refractivity contribution in [2.75, 3.05) is 31.1 Å². The van der Waals surface area contributed by atoms with E-state index in [4.69, 9.17) is 0 Å². The number of aryl methyl sites for hydroxylation is 2. The lowest BCUT2D eigenvalue weighted by Crippen LogP contribution is -2.35. The fraction of sp³-hybridized carbons (Fsp3) is 0.368. The molecule has 26 heavy (non-hydrogen) atoms. The van der Waals surface area contributed by atoms with Gasteiger partial charge in [0.25, 0.3) is 5.91 Å². The fourth-order valence-electron chi connectivity index (χ4n) is 3.37. The first-order valence-electron chi connectivity index (χ1n) is 8.78. The first-order chi connectivity index (χ1) is 12.6. The molecule has 0 spiro atoms. The van der Waals surface area contributed by atoms with Crippen LogP contribution in [0.15, 0.2) is 30.2 Å². The molecule has 1 aliphatic rings. The van der Waals surface area contributed by atoms with E-state index in [0.29, 0.717) is 12.1 Å². The quantitative estimate of drug-likeness (QED) is 0.697. The van der Waals surface area contributed by atoms with E-state index in [1.165, 1.54) is 5.56 Å². The summed E-state index contributed by atoms with van der Waals surface area (Å²) in [6.07, 6.45) is 5.98. The summed E-state index contributed by atoms with van der Waals surface area (Å²) >= 11 is 1.69. The molecule has 1 aliphatic heterocycles. The number of amides is 1. The van der Waals surface area contributed by atoms with Gasteiger partial charge in [-0.05, 0) is 42.8 Å². The van der Waals surface area contributed by atoms with E-state index in [2.05, 4.69) is 32.2 Å². The molecule has 4 rings (SSSR count). The second-order valence-electron chi connectivity index (χ2n) is 6.68. The highest BCUT2D eigenvalue weighted by atomic mass is 32.1. The molecule has 1 amide bonds. The molecule has 0 saturated carbocycles. The minimum absolute atomic E-state index is 0.0582. The second-order valence-corrected chi connectivity index (χ2v) is 7.56. The molecule has 3 aromatic rings. The lowest BCUT2D eigenvalue weighted by Gasteiger charge is -2.23. The van der Waals surface area contributed by atoms with Gasteiger partial charge in [-0.15, -0.1) is 11.3 Å². The van der Waals surface area contributed by atoms with Crippen LogP contribution in [0, 0.1) is 13.8 Å². The summed E-state index contributed by atoms with van der Waals surface area (Å²) < 4.78 is 1.13. The van der Waals surface area contributed by atoms with Gasteiger partial charge < -0.3 is 9.80 Å². The van der Waals surface area contributed by atoms with Crippen LogP contribution in [0.2, 0.25) is 0 Å². The van der Waals surface area contributed by atoms with Crippen LogP contribution in [0.1, 0.15) is 27.9 Å². The summed E-state index contributed by atoms with van der Waals surface area (Å²) in [5, 5.41) is 2.13. The van der Waals surface area contributed by atoms with Gasteiger partial charge in [0.1, 0.15) is 12.1 Å². The van der Waals surface area contributed by atoms with Gasteiger partial charge in [0, 0.05) is 38.6 Å². The summed E-state index contributed by atoms with van der Waals surface area (Å²) in [6.45, 7) is 7.13. The number of carbonyl (C=O) groups excluding carboxylic acids is 1. The number of aromatic nitrogens is 3. The summed E-state index contributed by atoms with van der Waals surface area (Å²) in [5.74, 6) is 1.04. The van der Waals surface area contributed by atoms with E-state index in [9.17, 15) is 4.79 Å². The Morgan fingerprint density at radius 2 is 2.00 bits per heavy atom. The number of hydrogen-bond donors (Lipinski definition) is 0. The van der Waals surface area contributed by atoms with Crippen molar-refractivity contribution in [3.63, 3.8) is 0 Å². The zero-order valence-corrected chi connectivity index (χ0v) is 15.8. The number of carbonyl (C=O) groups is 1. The Morgan fingerprint density at radius 1 is 1.12 bits per heavy atom. The first kappa shape index (κ1) is 16.9. The standard InChI is InChI=1S/C19H21N5OS/c1-13-8-15(10-20-9-13)19(25)24-5-3-4-23(6-7-24)18-17-16(21-12-22-18)14(2)11-26-17/h8-12H,3-7H2,1-2H3. The molecular weight excluding hydrogens is 346 g/mol. The highest BCUT2D eigenvalue weighted by Crippen LogP contribution is 2.31. The van der Waals surface area contributed by atoms with Crippen LogP contribution < -0.4 is 4.90 Å². The number of pyridine rings is 1. The maximum Gasteiger partial charge on any atom is 0.255 e. The normalized spacial score (nSPS) is 15.3. The third-order valence-corrected chi connectivity index (χ3v) is 5.80. The molecule has 7 heteroatoms. The summed E-state index contributed by atoms with van der Waals surface area (Å²) in [5.41, 5.74) is 3.88. The minimum Gasteiger partial charge on any atom is -0.353 e. The number of fused-ring (bicyclic) bond motifs is 1. The SMILES string of the molecule is Cc1cncc(C(=O)N2CCCN(c3ncnc4c(C)csc34)CC2)c1. The van der Waals surface area contributed by atoms with Crippen molar-refractivity contribution >= 4 is 33.3 Å². The van der Waals surface area contributed by atoms with E-state index in [-0.39, 0.29) is 5.91 Å². The Hall–Kier alpha value is -2.54. The highest BCUT2D eigenvalue weighted by Gasteiger charge is 2.23.